The summed E-state index contributed by atoms with van der Waals surface area (Å²) in [6.45, 7) is 4.45. The number of hydrogen-bond acceptors (Lipinski definition) is 5. The molecule has 3 N–H and O–H groups in total. The minimum atomic E-state index is -0.0725. The first-order valence-corrected chi connectivity index (χ1v) is 9.65. The summed E-state index contributed by atoms with van der Waals surface area (Å²) in [5.74, 6) is 0.576. The summed E-state index contributed by atoms with van der Waals surface area (Å²) in [5, 5.41) is 3.17. The van der Waals surface area contributed by atoms with Gasteiger partial charge in [0.2, 0.25) is 0 Å². The van der Waals surface area contributed by atoms with Crippen LogP contribution in [0, 0.1) is 0 Å². The van der Waals surface area contributed by atoms with Crippen LogP contribution < -0.4 is 15.8 Å². The lowest BCUT2D eigenvalue weighted by molar-refractivity contribution is 0.0904. The van der Waals surface area contributed by atoms with Gasteiger partial charge in [0.1, 0.15) is 5.75 Å². The van der Waals surface area contributed by atoms with Crippen LogP contribution in [0.15, 0.2) is 10.5 Å². The standard InChI is InChI=1S/C18H26BrN3O3/c1-24-9-2-6-22-7-3-12(4-8-22)21-18(23)14-11-15(19)16(20)13-5-10-25-17(13)14/h11-12H,2-10,20H2,1H3,(H,21,23). The van der Waals surface area contributed by atoms with Crippen molar-refractivity contribution in [3.63, 3.8) is 0 Å². The Morgan fingerprint density at radius 2 is 2.24 bits per heavy atom. The number of carbonyl (C=O) groups excluding carboxylic acids is 1. The summed E-state index contributed by atoms with van der Waals surface area (Å²) < 4.78 is 11.5. The van der Waals surface area contributed by atoms with Crippen LogP contribution in [0.5, 0.6) is 5.75 Å². The monoisotopic (exact) mass is 411 g/mol. The van der Waals surface area contributed by atoms with E-state index in [1.165, 1.54) is 0 Å². The second kappa shape index (κ2) is 8.38. The first-order valence-electron chi connectivity index (χ1n) is 8.86. The molecular formula is C18H26BrN3O3. The van der Waals surface area contributed by atoms with Crippen molar-refractivity contribution in [2.24, 2.45) is 0 Å². The summed E-state index contributed by atoms with van der Waals surface area (Å²) in [6, 6.07) is 1.98. The lowest BCUT2D eigenvalue weighted by Gasteiger charge is -2.32. The fourth-order valence-corrected chi connectivity index (χ4v) is 4.00. The summed E-state index contributed by atoms with van der Waals surface area (Å²) in [7, 11) is 1.73. The number of carbonyl (C=O) groups is 1. The molecule has 6 nitrogen and oxygen atoms in total. The summed E-state index contributed by atoms with van der Waals surface area (Å²) in [4.78, 5) is 15.2. The van der Waals surface area contributed by atoms with Crippen LogP contribution >= 0.6 is 15.9 Å². The van der Waals surface area contributed by atoms with Gasteiger partial charge in [-0.1, -0.05) is 0 Å². The highest BCUT2D eigenvalue weighted by Crippen LogP contribution is 2.38. The van der Waals surface area contributed by atoms with Crippen LogP contribution in [0.2, 0.25) is 0 Å². The van der Waals surface area contributed by atoms with Crippen LogP contribution in [0.1, 0.15) is 35.2 Å². The third kappa shape index (κ3) is 4.27. The molecule has 0 bridgehead atoms. The van der Waals surface area contributed by atoms with E-state index in [-0.39, 0.29) is 11.9 Å². The Bertz CT molecular complexity index is 630. The first kappa shape index (κ1) is 18.5. The minimum absolute atomic E-state index is 0.0725. The molecule has 0 unspecified atom stereocenters. The SMILES string of the molecule is COCCCN1CCC(NC(=O)c2cc(Br)c(N)c3c2OCC3)CC1. The van der Waals surface area contributed by atoms with Gasteiger partial charge in [-0.3, -0.25) is 4.79 Å². The lowest BCUT2D eigenvalue weighted by Crippen LogP contribution is -2.45. The van der Waals surface area contributed by atoms with Gasteiger partial charge in [0.25, 0.3) is 5.91 Å². The van der Waals surface area contributed by atoms with Crippen molar-refractivity contribution in [3.05, 3.63) is 21.7 Å². The Labute approximate surface area is 157 Å². The molecule has 0 atom stereocenters. The average Bonchev–Trinajstić information content (AvgIpc) is 3.10. The van der Waals surface area contributed by atoms with Crippen molar-refractivity contribution in [1.82, 2.24) is 10.2 Å². The molecule has 1 amide bonds. The number of fused-ring (bicyclic) bond motifs is 1. The normalized spacial score (nSPS) is 18.0. The topological polar surface area (TPSA) is 76.8 Å². The molecule has 2 heterocycles. The molecule has 2 aliphatic heterocycles. The molecule has 0 aromatic heterocycles. The number of nitrogens with one attached hydrogen (secondary N) is 1. The Hall–Kier alpha value is -1.31. The second-order valence-corrected chi connectivity index (χ2v) is 7.52. The third-order valence-electron chi connectivity index (χ3n) is 4.96. The Morgan fingerprint density at radius 3 is 2.96 bits per heavy atom. The van der Waals surface area contributed by atoms with E-state index >= 15 is 0 Å². The van der Waals surface area contributed by atoms with Crippen LogP contribution in [-0.2, 0) is 11.2 Å². The van der Waals surface area contributed by atoms with E-state index in [1.807, 2.05) is 0 Å². The predicted octanol–water partition coefficient (Wildman–Crippen LogP) is 2.20. The number of likely N-dealkylation sites (tertiary alicyclic amines) is 1. The van der Waals surface area contributed by atoms with Gasteiger partial charge in [0.05, 0.1) is 17.9 Å². The molecule has 1 saturated heterocycles. The van der Waals surface area contributed by atoms with Crippen molar-refractivity contribution < 1.29 is 14.3 Å². The number of amides is 1. The van der Waals surface area contributed by atoms with E-state index in [4.69, 9.17) is 15.2 Å². The highest BCUT2D eigenvalue weighted by molar-refractivity contribution is 9.10. The molecule has 1 aromatic rings. The number of rotatable bonds is 6. The van der Waals surface area contributed by atoms with E-state index in [2.05, 4.69) is 26.1 Å². The Kier molecular flexibility index (Phi) is 6.19. The van der Waals surface area contributed by atoms with Crippen molar-refractivity contribution in [2.75, 3.05) is 45.7 Å². The number of methoxy groups -OCH3 is 1. The minimum Gasteiger partial charge on any atom is -0.492 e. The lowest BCUT2D eigenvalue weighted by atomic mass is 10.0. The van der Waals surface area contributed by atoms with Crippen molar-refractivity contribution in [2.45, 2.75) is 31.7 Å². The van der Waals surface area contributed by atoms with Gasteiger partial charge in [-0.15, -0.1) is 0 Å². The van der Waals surface area contributed by atoms with Crippen LogP contribution in [0.3, 0.4) is 0 Å². The van der Waals surface area contributed by atoms with Gasteiger partial charge in [-0.05, 0) is 41.3 Å². The highest BCUT2D eigenvalue weighted by Gasteiger charge is 2.27. The molecule has 1 aromatic carbocycles. The first-order chi connectivity index (χ1) is 12.1. The van der Waals surface area contributed by atoms with E-state index in [0.29, 0.717) is 23.6 Å². The maximum absolute atomic E-state index is 12.7. The number of anilines is 1. The number of nitrogen functional groups attached to an aromatic ring is 1. The molecule has 0 saturated carbocycles. The van der Waals surface area contributed by atoms with Gasteiger partial charge in [0, 0.05) is 55.8 Å². The van der Waals surface area contributed by atoms with E-state index < -0.39 is 0 Å². The highest BCUT2D eigenvalue weighted by atomic mass is 79.9. The summed E-state index contributed by atoms with van der Waals surface area (Å²) >= 11 is 3.45. The van der Waals surface area contributed by atoms with Gasteiger partial charge in [0.15, 0.2) is 0 Å². The average molecular weight is 412 g/mol. The molecule has 0 radical (unpaired) electrons. The zero-order valence-electron chi connectivity index (χ0n) is 14.6. The number of nitrogens with zero attached hydrogens (tertiary/aromatic N) is 1. The van der Waals surface area contributed by atoms with Crippen LogP contribution in [0.4, 0.5) is 5.69 Å². The number of hydrogen-bond donors (Lipinski definition) is 2. The molecule has 0 spiro atoms. The fraction of sp³-hybridized carbons (Fsp3) is 0.611. The molecule has 2 aliphatic rings. The molecular weight excluding hydrogens is 386 g/mol. The van der Waals surface area contributed by atoms with Crippen molar-refractivity contribution in [3.8, 4) is 5.75 Å². The molecule has 3 rings (SSSR count). The molecule has 7 heteroatoms. The number of ether oxygens (including phenoxy) is 2. The van der Waals surface area contributed by atoms with Crippen LogP contribution in [0.25, 0.3) is 0 Å². The Balaban J connectivity index is 1.57. The predicted molar refractivity (Wildman–Crippen MR) is 101 cm³/mol. The zero-order chi connectivity index (χ0) is 17.8. The quantitative estimate of drug-likeness (QED) is 0.554. The van der Waals surface area contributed by atoms with Crippen molar-refractivity contribution in [1.29, 1.82) is 0 Å². The van der Waals surface area contributed by atoms with Crippen molar-refractivity contribution >= 4 is 27.5 Å². The molecule has 138 valence electrons. The number of benzene rings is 1. The molecule has 0 aliphatic carbocycles. The van der Waals surface area contributed by atoms with E-state index in [9.17, 15) is 4.79 Å². The summed E-state index contributed by atoms with van der Waals surface area (Å²) in [5.41, 5.74) is 8.27. The zero-order valence-corrected chi connectivity index (χ0v) is 16.2. The van der Waals surface area contributed by atoms with Gasteiger partial charge < -0.3 is 25.4 Å². The number of nitrogens with two attached hydrogens (primary N) is 1. The number of halogens is 1. The molecule has 1 fully saturated rings. The third-order valence-corrected chi connectivity index (χ3v) is 5.62. The Morgan fingerprint density at radius 1 is 1.48 bits per heavy atom. The van der Waals surface area contributed by atoms with Gasteiger partial charge in [-0.2, -0.15) is 0 Å². The molecule has 25 heavy (non-hydrogen) atoms. The van der Waals surface area contributed by atoms with Gasteiger partial charge in [-0.25, -0.2) is 0 Å². The number of piperidine rings is 1. The van der Waals surface area contributed by atoms with Crippen LogP contribution in [-0.4, -0.2) is 56.8 Å². The maximum Gasteiger partial charge on any atom is 0.255 e. The van der Waals surface area contributed by atoms with E-state index in [1.54, 1.807) is 13.2 Å². The van der Waals surface area contributed by atoms with E-state index in [0.717, 1.165) is 62.0 Å². The fourth-order valence-electron chi connectivity index (χ4n) is 3.53. The summed E-state index contributed by atoms with van der Waals surface area (Å²) in [6.07, 6.45) is 3.74. The maximum atomic E-state index is 12.7. The second-order valence-electron chi connectivity index (χ2n) is 6.66. The van der Waals surface area contributed by atoms with Gasteiger partial charge >= 0.3 is 0 Å². The largest absolute Gasteiger partial charge is 0.492 e. The smallest absolute Gasteiger partial charge is 0.255 e.